The Labute approximate surface area is 127 Å². The van der Waals surface area contributed by atoms with Crippen LogP contribution in [-0.2, 0) is 14.6 Å². The van der Waals surface area contributed by atoms with E-state index in [2.05, 4.69) is 17.7 Å². The summed E-state index contributed by atoms with van der Waals surface area (Å²) in [6.07, 6.45) is 5.42. The average molecular weight is 272 g/mol. The Morgan fingerprint density at radius 3 is 2.35 bits per heavy atom. The molecule has 0 saturated heterocycles. The van der Waals surface area contributed by atoms with Crippen molar-refractivity contribution in [2.45, 2.75) is 52.1 Å². The SMILES string of the molecule is C=CC(CC(CC)CCCC)OS(=O)(=O)[O-].[Na+]. The Hall–Kier alpha value is 0.610. The minimum Gasteiger partial charge on any atom is -0.726 e. The van der Waals surface area contributed by atoms with E-state index < -0.39 is 16.5 Å². The van der Waals surface area contributed by atoms with Gasteiger partial charge < -0.3 is 4.55 Å². The van der Waals surface area contributed by atoms with Crippen LogP contribution in [0.2, 0.25) is 0 Å². The fraction of sp³-hybridized carbons (Fsp3) is 0.818. The second-order valence-electron chi connectivity index (χ2n) is 3.93. The molecule has 2 unspecified atom stereocenters. The molecule has 0 rings (SSSR count). The summed E-state index contributed by atoms with van der Waals surface area (Å²) in [5.74, 6) is 0.379. The number of hydrogen-bond acceptors (Lipinski definition) is 4. The quantitative estimate of drug-likeness (QED) is 0.248. The Balaban J connectivity index is 0. The summed E-state index contributed by atoms with van der Waals surface area (Å²) >= 11 is 0. The summed E-state index contributed by atoms with van der Waals surface area (Å²) in [6, 6.07) is 0. The van der Waals surface area contributed by atoms with Gasteiger partial charge in [-0.25, -0.2) is 8.42 Å². The number of hydrogen-bond donors (Lipinski definition) is 0. The second-order valence-corrected chi connectivity index (χ2v) is 4.94. The molecule has 0 N–H and O–H groups in total. The molecule has 0 amide bonds. The number of unbranched alkanes of at least 4 members (excludes halogenated alkanes) is 1. The van der Waals surface area contributed by atoms with Crippen molar-refractivity contribution in [3.05, 3.63) is 12.7 Å². The van der Waals surface area contributed by atoms with E-state index in [0.717, 1.165) is 25.7 Å². The molecule has 0 aliphatic carbocycles. The van der Waals surface area contributed by atoms with E-state index in [-0.39, 0.29) is 29.6 Å². The van der Waals surface area contributed by atoms with Crippen molar-refractivity contribution >= 4 is 10.4 Å². The zero-order valence-electron chi connectivity index (χ0n) is 11.0. The molecule has 6 heteroatoms. The van der Waals surface area contributed by atoms with Crippen LogP contribution in [0.15, 0.2) is 12.7 Å². The van der Waals surface area contributed by atoms with Gasteiger partial charge in [-0.05, 0) is 12.3 Å². The van der Waals surface area contributed by atoms with Gasteiger partial charge in [-0.1, -0.05) is 45.6 Å². The number of rotatable bonds is 9. The summed E-state index contributed by atoms with van der Waals surface area (Å²) in [5, 5.41) is 0. The summed E-state index contributed by atoms with van der Waals surface area (Å²) in [5.41, 5.74) is 0. The molecule has 0 radical (unpaired) electrons. The molecular formula is C11H21NaO4S. The molecule has 0 aromatic carbocycles. The van der Waals surface area contributed by atoms with Crippen LogP contribution in [0.25, 0.3) is 0 Å². The van der Waals surface area contributed by atoms with Crippen LogP contribution in [0.3, 0.4) is 0 Å². The van der Waals surface area contributed by atoms with E-state index in [1.165, 1.54) is 6.08 Å². The molecule has 0 saturated carbocycles. The zero-order valence-corrected chi connectivity index (χ0v) is 13.8. The van der Waals surface area contributed by atoms with E-state index in [9.17, 15) is 13.0 Å². The standard InChI is InChI=1S/C11H22O4S.Na/c1-4-7-8-10(5-2)9-11(6-3)15-16(12,13)14;/h6,10-11H,3-5,7-9H2,1-2H3,(H,12,13,14);/q;+1/p-1. The molecule has 0 fully saturated rings. The molecule has 96 valence electrons. The maximum atomic E-state index is 10.5. The smallest absolute Gasteiger partial charge is 0.726 e. The van der Waals surface area contributed by atoms with Gasteiger partial charge in [-0.3, -0.25) is 4.18 Å². The van der Waals surface area contributed by atoms with Crippen molar-refractivity contribution in [3.8, 4) is 0 Å². The van der Waals surface area contributed by atoms with Gasteiger partial charge in [0.05, 0.1) is 6.10 Å². The fourth-order valence-corrected chi connectivity index (χ4v) is 2.10. The molecule has 0 aromatic rings. The van der Waals surface area contributed by atoms with Crippen LogP contribution in [0.1, 0.15) is 46.0 Å². The Bertz CT molecular complexity index is 290. The summed E-state index contributed by atoms with van der Waals surface area (Å²) in [7, 11) is -4.63. The fourth-order valence-electron chi connectivity index (χ4n) is 1.64. The minimum atomic E-state index is -4.63. The van der Waals surface area contributed by atoms with E-state index in [1.54, 1.807) is 0 Å². The van der Waals surface area contributed by atoms with E-state index in [1.807, 2.05) is 6.92 Å². The molecule has 0 heterocycles. The van der Waals surface area contributed by atoms with Crippen LogP contribution in [0, 0.1) is 5.92 Å². The predicted octanol–water partition coefficient (Wildman–Crippen LogP) is -0.372. The van der Waals surface area contributed by atoms with Gasteiger partial charge in [0.2, 0.25) is 10.4 Å². The van der Waals surface area contributed by atoms with Crippen molar-refractivity contribution in [2.24, 2.45) is 5.92 Å². The van der Waals surface area contributed by atoms with Crippen molar-refractivity contribution in [3.63, 3.8) is 0 Å². The molecule has 0 bridgehead atoms. The van der Waals surface area contributed by atoms with Gasteiger partial charge in [-0.15, -0.1) is 6.58 Å². The molecule has 0 aliphatic rings. The molecule has 2 atom stereocenters. The van der Waals surface area contributed by atoms with E-state index >= 15 is 0 Å². The van der Waals surface area contributed by atoms with Gasteiger partial charge in [0.25, 0.3) is 0 Å². The third-order valence-corrected chi connectivity index (χ3v) is 3.10. The Morgan fingerprint density at radius 1 is 1.41 bits per heavy atom. The van der Waals surface area contributed by atoms with Crippen LogP contribution < -0.4 is 29.6 Å². The molecular weight excluding hydrogens is 251 g/mol. The van der Waals surface area contributed by atoms with Crippen molar-refractivity contribution in [1.82, 2.24) is 0 Å². The van der Waals surface area contributed by atoms with Crippen LogP contribution in [-0.4, -0.2) is 19.1 Å². The molecule has 17 heavy (non-hydrogen) atoms. The first kappa shape index (κ1) is 19.9. The van der Waals surface area contributed by atoms with Crippen molar-refractivity contribution in [1.29, 1.82) is 0 Å². The van der Waals surface area contributed by atoms with Gasteiger partial charge in [0.15, 0.2) is 0 Å². The van der Waals surface area contributed by atoms with Crippen molar-refractivity contribution in [2.75, 3.05) is 0 Å². The van der Waals surface area contributed by atoms with Gasteiger partial charge in [0.1, 0.15) is 0 Å². The van der Waals surface area contributed by atoms with E-state index in [4.69, 9.17) is 0 Å². The summed E-state index contributed by atoms with van der Waals surface area (Å²) in [6.45, 7) is 7.64. The summed E-state index contributed by atoms with van der Waals surface area (Å²) in [4.78, 5) is 0. The molecule has 0 spiro atoms. The molecule has 0 aromatic heterocycles. The van der Waals surface area contributed by atoms with Gasteiger partial charge in [-0.2, -0.15) is 0 Å². The predicted molar refractivity (Wildman–Crippen MR) is 62.7 cm³/mol. The largest absolute Gasteiger partial charge is 1.00 e. The maximum absolute atomic E-state index is 10.5. The Morgan fingerprint density at radius 2 is 2.00 bits per heavy atom. The minimum absolute atomic E-state index is 0. The topological polar surface area (TPSA) is 66.4 Å². The normalized spacial score (nSPS) is 14.8. The zero-order chi connectivity index (χ0) is 12.6. The van der Waals surface area contributed by atoms with Crippen molar-refractivity contribution < 1.29 is 46.7 Å². The molecule has 4 nitrogen and oxygen atoms in total. The first-order valence-electron chi connectivity index (χ1n) is 5.69. The van der Waals surface area contributed by atoms with Crippen LogP contribution in [0.5, 0.6) is 0 Å². The van der Waals surface area contributed by atoms with Gasteiger partial charge in [0, 0.05) is 0 Å². The Kier molecular flexibility index (Phi) is 12.3. The van der Waals surface area contributed by atoms with Crippen LogP contribution >= 0.6 is 0 Å². The first-order chi connectivity index (χ1) is 7.42. The monoisotopic (exact) mass is 272 g/mol. The first-order valence-corrected chi connectivity index (χ1v) is 7.02. The van der Waals surface area contributed by atoms with Crippen LogP contribution in [0.4, 0.5) is 0 Å². The third-order valence-electron chi connectivity index (χ3n) is 2.61. The average Bonchev–Trinajstić information content (AvgIpc) is 2.20. The third kappa shape index (κ3) is 11.4. The summed E-state index contributed by atoms with van der Waals surface area (Å²) < 4.78 is 35.8. The maximum Gasteiger partial charge on any atom is 1.00 e. The second kappa shape index (κ2) is 10.5. The van der Waals surface area contributed by atoms with E-state index in [0.29, 0.717) is 12.3 Å². The molecule has 0 aliphatic heterocycles. The van der Waals surface area contributed by atoms with Gasteiger partial charge >= 0.3 is 29.6 Å².